The van der Waals surface area contributed by atoms with Crippen LogP contribution in [0.15, 0.2) is 64.7 Å². The zero-order chi connectivity index (χ0) is 13.1. The Bertz CT molecular complexity index is 579. The molecule has 1 aliphatic carbocycles. The van der Waals surface area contributed by atoms with E-state index in [2.05, 4.69) is 28.2 Å². The van der Waals surface area contributed by atoms with Gasteiger partial charge in [-0.05, 0) is 48.1 Å². The molecule has 2 N–H and O–H groups in total. The van der Waals surface area contributed by atoms with Gasteiger partial charge < -0.3 is 5.73 Å². The molecule has 0 bridgehead atoms. The molecule has 96 valence electrons. The fraction of sp³-hybridized carbons (Fsp3) is 0.250. The van der Waals surface area contributed by atoms with Crippen LogP contribution in [0.3, 0.4) is 0 Å². The number of allylic oxidation sites excluding steroid dienone is 4. The summed E-state index contributed by atoms with van der Waals surface area (Å²) in [5.74, 6) is 0.320. The lowest BCUT2D eigenvalue weighted by atomic mass is 9.84. The summed E-state index contributed by atoms with van der Waals surface area (Å²) in [5, 5.41) is 0. The number of nitrogens with zero attached hydrogens (tertiary/aromatic N) is 2. The minimum Gasteiger partial charge on any atom is -0.399 e. The van der Waals surface area contributed by atoms with Crippen LogP contribution in [0.4, 0.5) is 0 Å². The number of hydrogen-bond donors (Lipinski definition) is 1. The average Bonchev–Trinajstić information content (AvgIpc) is 2.48. The molecule has 1 aromatic rings. The molecule has 0 fully saturated rings. The standard InChI is InChI=1S/C16H17N3/c17-16-8-14(12-3-1-5-18-10-12)7-15(9-16)13-4-2-6-19-11-13/h1,3,5-6,8-11,14H,2,4,7,17H2. The Morgan fingerprint density at radius 2 is 2.21 bits per heavy atom. The quantitative estimate of drug-likeness (QED) is 0.878. The maximum absolute atomic E-state index is 6.06. The molecule has 0 saturated heterocycles. The van der Waals surface area contributed by atoms with Crippen molar-refractivity contribution in [2.24, 2.45) is 10.7 Å². The van der Waals surface area contributed by atoms with E-state index in [4.69, 9.17) is 5.73 Å². The number of aromatic nitrogens is 1. The third kappa shape index (κ3) is 2.65. The van der Waals surface area contributed by atoms with Crippen molar-refractivity contribution in [1.82, 2.24) is 4.98 Å². The monoisotopic (exact) mass is 251 g/mol. The lowest BCUT2D eigenvalue weighted by Crippen LogP contribution is -2.10. The van der Waals surface area contributed by atoms with E-state index in [0.29, 0.717) is 5.92 Å². The van der Waals surface area contributed by atoms with E-state index in [1.807, 2.05) is 24.7 Å². The molecule has 0 spiro atoms. The Morgan fingerprint density at radius 1 is 1.26 bits per heavy atom. The van der Waals surface area contributed by atoms with Gasteiger partial charge in [0.15, 0.2) is 0 Å². The van der Waals surface area contributed by atoms with Crippen LogP contribution < -0.4 is 5.73 Å². The molecule has 2 aliphatic rings. The molecule has 1 aliphatic heterocycles. The van der Waals surface area contributed by atoms with Crippen molar-refractivity contribution in [2.45, 2.75) is 25.2 Å². The van der Waals surface area contributed by atoms with Gasteiger partial charge in [0, 0.05) is 36.4 Å². The third-order valence-electron chi connectivity index (χ3n) is 3.58. The number of rotatable bonds is 2. The van der Waals surface area contributed by atoms with E-state index in [0.717, 1.165) is 25.0 Å². The van der Waals surface area contributed by atoms with E-state index < -0.39 is 0 Å². The minimum atomic E-state index is 0.320. The fourth-order valence-electron chi connectivity index (χ4n) is 2.61. The smallest absolute Gasteiger partial charge is 0.0305 e. The minimum absolute atomic E-state index is 0.320. The first-order valence-electron chi connectivity index (χ1n) is 6.62. The highest BCUT2D eigenvalue weighted by atomic mass is 14.7. The lowest BCUT2D eigenvalue weighted by molar-refractivity contribution is 0.787. The average molecular weight is 251 g/mol. The van der Waals surface area contributed by atoms with E-state index in [-0.39, 0.29) is 0 Å². The Balaban J connectivity index is 1.87. The second-order valence-corrected chi connectivity index (χ2v) is 4.96. The van der Waals surface area contributed by atoms with Crippen molar-refractivity contribution >= 4 is 6.21 Å². The van der Waals surface area contributed by atoms with Crippen molar-refractivity contribution in [3.8, 4) is 0 Å². The largest absolute Gasteiger partial charge is 0.399 e. The summed E-state index contributed by atoms with van der Waals surface area (Å²) in [7, 11) is 0. The van der Waals surface area contributed by atoms with Crippen molar-refractivity contribution in [3.05, 3.63) is 65.3 Å². The van der Waals surface area contributed by atoms with Crippen molar-refractivity contribution < 1.29 is 0 Å². The molecule has 2 heterocycles. The van der Waals surface area contributed by atoms with Crippen LogP contribution in [0.25, 0.3) is 0 Å². The molecule has 1 atom stereocenters. The third-order valence-corrected chi connectivity index (χ3v) is 3.58. The normalized spacial score (nSPS) is 22.5. The van der Waals surface area contributed by atoms with Crippen LogP contribution in [0.5, 0.6) is 0 Å². The molecule has 3 nitrogen and oxygen atoms in total. The van der Waals surface area contributed by atoms with Gasteiger partial charge in [-0.1, -0.05) is 12.1 Å². The van der Waals surface area contributed by atoms with E-state index in [9.17, 15) is 0 Å². The number of hydrogen-bond acceptors (Lipinski definition) is 3. The van der Waals surface area contributed by atoms with E-state index in [1.165, 1.54) is 16.7 Å². The van der Waals surface area contributed by atoms with E-state index >= 15 is 0 Å². The molecule has 1 aromatic heterocycles. The summed E-state index contributed by atoms with van der Waals surface area (Å²) >= 11 is 0. The zero-order valence-electron chi connectivity index (χ0n) is 10.8. The van der Waals surface area contributed by atoms with Crippen LogP contribution >= 0.6 is 0 Å². The van der Waals surface area contributed by atoms with Gasteiger partial charge >= 0.3 is 0 Å². The number of pyridine rings is 1. The molecule has 3 heteroatoms. The Kier molecular flexibility index (Phi) is 3.27. The van der Waals surface area contributed by atoms with Gasteiger partial charge in [0.2, 0.25) is 0 Å². The highest BCUT2D eigenvalue weighted by Crippen LogP contribution is 2.34. The molecule has 1 unspecified atom stereocenters. The number of aliphatic imine (C=N–C) groups is 1. The summed E-state index contributed by atoms with van der Waals surface area (Å²) in [6.07, 6.45) is 14.9. The summed E-state index contributed by atoms with van der Waals surface area (Å²) in [6, 6.07) is 4.08. The maximum atomic E-state index is 6.06. The molecule has 0 amide bonds. The van der Waals surface area contributed by atoms with Gasteiger partial charge in [0.1, 0.15) is 0 Å². The summed E-state index contributed by atoms with van der Waals surface area (Å²) in [6.45, 7) is 0. The number of nitrogens with two attached hydrogens (primary N) is 1. The van der Waals surface area contributed by atoms with Gasteiger partial charge in [0.25, 0.3) is 0 Å². The van der Waals surface area contributed by atoms with Crippen LogP contribution in [0, 0.1) is 0 Å². The zero-order valence-corrected chi connectivity index (χ0v) is 10.8. The van der Waals surface area contributed by atoms with Gasteiger partial charge in [-0.3, -0.25) is 9.98 Å². The summed E-state index contributed by atoms with van der Waals surface area (Å²) < 4.78 is 0. The predicted molar refractivity (Wildman–Crippen MR) is 77.8 cm³/mol. The predicted octanol–water partition coefficient (Wildman–Crippen LogP) is 3.09. The van der Waals surface area contributed by atoms with Crippen LogP contribution in [0.2, 0.25) is 0 Å². The van der Waals surface area contributed by atoms with Gasteiger partial charge in [-0.25, -0.2) is 0 Å². The maximum Gasteiger partial charge on any atom is 0.0305 e. The van der Waals surface area contributed by atoms with Crippen molar-refractivity contribution in [2.75, 3.05) is 0 Å². The topological polar surface area (TPSA) is 51.3 Å². The molecular weight excluding hydrogens is 234 g/mol. The molecular formula is C16H17N3. The van der Waals surface area contributed by atoms with Crippen LogP contribution in [-0.4, -0.2) is 11.2 Å². The van der Waals surface area contributed by atoms with Gasteiger partial charge in [-0.15, -0.1) is 0 Å². The van der Waals surface area contributed by atoms with Crippen molar-refractivity contribution in [1.29, 1.82) is 0 Å². The summed E-state index contributed by atoms with van der Waals surface area (Å²) in [4.78, 5) is 8.45. The Labute approximate surface area is 113 Å². The first-order valence-corrected chi connectivity index (χ1v) is 6.62. The van der Waals surface area contributed by atoms with Crippen molar-refractivity contribution in [3.63, 3.8) is 0 Å². The van der Waals surface area contributed by atoms with Gasteiger partial charge in [-0.2, -0.15) is 0 Å². The second kappa shape index (κ2) is 5.22. The van der Waals surface area contributed by atoms with Crippen LogP contribution in [-0.2, 0) is 0 Å². The van der Waals surface area contributed by atoms with Gasteiger partial charge in [0.05, 0.1) is 0 Å². The molecule has 0 radical (unpaired) electrons. The molecule has 19 heavy (non-hydrogen) atoms. The first kappa shape index (κ1) is 11.9. The Hall–Kier alpha value is -2.16. The second-order valence-electron chi connectivity index (χ2n) is 4.96. The molecule has 0 saturated carbocycles. The van der Waals surface area contributed by atoms with Crippen LogP contribution in [0.1, 0.15) is 30.7 Å². The highest BCUT2D eigenvalue weighted by molar-refractivity contribution is 5.62. The SMILES string of the molecule is NC1=CC(c2cccnc2)CC(C2=CN=CCC2)=C1. The highest BCUT2D eigenvalue weighted by Gasteiger charge is 2.19. The molecule has 0 aromatic carbocycles. The Morgan fingerprint density at radius 3 is 2.95 bits per heavy atom. The summed E-state index contributed by atoms with van der Waals surface area (Å²) in [5.41, 5.74) is 10.7. The van der Waals surface area contributed by atoms with E-state index in [1.54, 1.807) is 6.20 Å². The first-order chi connectivity index (χ1) is 9.33. The lowest BCUT2D eigenvalue weighted by Gasteiger charge is -2.22. The fourth-order valence-corrected chi connectivity index (χ4v) is 2.61. The molecule has 3 rings (SSSR count).